The number of rotatable bonds is 9. The van der Waals surface area contributed by atoms with Crippen LogP contribution in [0.2, 0.25) is 0 Å². The Morgan fingerprint density at radius 3 is 2.58 bits per heavy atom. The zero-order valence-corrected chi connectivity index (χ0v) is 23.1. The van der Waals surface area contributed by atoms with Gasteiger partial charge in [-0.1, -0.05) is 12.1 Å². The maximum atomic E-state index is 14.1. The molecule has 0 N–H and O–H groups in total. The number of likely N-dealkylation sites (tertiary alicyclic amines) is 1. The van der Waals surface area contributed by atoms with E-state index in [1.54, 1.807) is 31.4 Å². The number of halogens is 2. The van der Waals surface area contributed by atoms with Crippen molar-refractivity contribution in [2.24, 2.45) is 5.92 Å². The third-order valence-electron chi connectivity index (χ3n) is 8.41. The molecule has 1 aliphatic carbocycles. The molecule has 0 bridgehead atoms. The molecule has 0 unspecified atom stereocenters. The largest absolute Gasteiger partial charge is 0.474 e. The van der Waals surface area contributed by atoms with Gasteiger partial charge in [0, 0.05) is 38.9 Å². The molecule has 11 heteroatoms. The summed E-state index contributed by atoms with van der Waals surface area (Å²) < 4.78 is 47.1. The molecule has 0 radical (unpaired) electrons. The van der Waals surface area contributed by atoms with Gasteiger partial charge in [0.15, 0.2) is 5.82 Å². The SMILES string of the molecule is COC[C@H]1CCCN1CC1CCC(Oc2cc(-n3c(C(F)F)nc4ccccc43)nc(N3CCOCC3)n2)CC1. The van der Waals surface area contributed by atoms with Crippen molar-refractivity contribution >= 4 is 17.0 Å². The Labute approximate surface area is 233 Å². The van der Waals surface area contributed by atoms with E-state index in [1.165, 1.54) is 17.4 Å². The summed E-state index contributed by atoms with van der Waals surface area (Å²) in [5.41, 5.74) is 1.07. The highest BCUT2D eigenvalue weighted by molar-refractivity contribution is 5.78. The zero-order valence-electron chi connectivity index (χ0n) is 23.1. The van der Waals surface area contributed by atoms with Crippen molar-refractivity contribution in [3.8, 4) is 11.7 Å². The lowest BCUT2D eigenvalue weighted by molar-refractivity contribution is 0.0804. The lowest BCUT2D eigenvalue weighted by Crippen LogP contribution is -2.38. The Balaban J connectivity index is 1.22. The quantitative estimate of drug-likeness (QED) is 0.377. The number of fused-ring (bicyclic) bond motifs is 1. The van der Waals surface area contributed by atoms with Gasteiger partial charge in [0.2, 0.25) is 11.8 Å². The number of imidazole rings is 1. The Morgan fingerprint density at radius 2 is 1.80 bits per heavy atom. The molecule has 0 amide bonds. The zero-order chi connectivity index (χ0) is 27.5. The Kier molecular flexibility index (Phi) is 8.40. The fraction of sp³-hybridized carbons (Fsp3) is 0.621. The maximum Gasteiger partial charge on any atom is 0.296 e. The first kappa shape index (κ1) is 27.3. The van der Waals surface area contributed by atoms with E-state index in [2.05, 4.69) is 9.88 Å². The van der Waals surface area contributed by atoms with Crippen LogP contribution >= 0.6 is 0 Å². The Hall–Kier alpha value is -2.89. The predicted molar refractivity (Wildman–Crippen MR) is 147 cm³/mol. The van der Waals surface area contributed by atoms with E-state index in [9.17, 15) is 8.78 Å². The van der Waals surface area contributed by atoms with Crippen molar-refractivity contribution in [1.29, 1.82) is 0 Å². The normalized spacial score (nSPS) is 24.3. The summed E-state index contributed by atoms with van der Waals surface area (Å²) in [7, 11) is 1.78. The molecule has 2 aromatic heterocycles. The van der Waals surface area contributed by atoms with Gasteiger partial charge in [0.05, 0.1) is 30.9 Å². The van der Waals surface area contributed by atoms with Gasteiger partial charge in [-0.2, -0.15) is 9.97 Å². The summed E-state index contributed by atoms with van der Waals surface area (Å²) in [5.74, 6) is 1.51. The molecule has 216 valence electrons. The van der Waals surface area contributed by atoms with E-state index in [0.29, 0.717) is 66.9 Å². The number of aromatic nitrogens is 4. The number of hydrogen-bond acceptors (Lipinski definition) is 8. The number of ether oxygens (including phenoxy) is 3. The fourth-order valence-corrected chi connectivity index (χ4v) is 6.36. The smallest absolute Gasteiger partial charge is 0.296 e. The molecule has 40 heavy (non-hydrogen) atoms. The Bertz CT molecular complexity index is 1280. The molecular formula is C29H38F2N6O3. The van der Waals surface area contributed by atoms with Crippen molar-refractivity contribution in [2.75, 3.05) is 58.0 Å². The van der Waals surface area contributed by atoms with Crippen LogP contribution in [0.15, 0.2) is 30.3 Å². The molecule has 6 rings (SSSR count). The second kappa shape index (κ2) is 12.3. The van der Waals surface area contributed by atoms with Crippen molar-refractivity contribution in [3.05, 3.63) is 36.2 Å². The highest BCUT2D eigenvalue weighted by atomic mass is 19.3. The number of hydrogen-bond donors (Lipinski definition) is 0. The summed E-state index contributed by atoms with van der Waals surface area (Å²) in [6, 6.07) is 9.33. The van der Waals surface area contributed by atoms with Crippen LogP contribution in [0.1, 0.15) is 50.8 Å². The first-order chi connectivity index (χ1) is 19.6. The standard InChI is InChI=1S/C29H38F2N6O3/c1-38-19-21-5-4-12-36(21)18-20-8-10-22(11-9-20)40-26-17-25(33-29(34-26)35-13-15-39-16-14-35)37-24-7-3-2-6-23(24)32-28(37)27(30)31/h2-3,6-7,17,20-22,27H,4-5,8-16,18-19H2,1H3/t20?,21-,22?/m1/s1. The summed E-state index contributed by atoms with van der Waals surface area (Å²) in [4.78, 5) is 18.3. The van der Waals surface area contributed by atoms with Crippen LogP contribution in [0.4, 0.5) is 14.7 Å². The highest BCUT2D eigenvalue weighted by Gasteiger charge is 2.30. The van der Waals surface area contributed by atoms with Gasteiger partial charge < -0.3 is 19.1 Å². The molecule has 1 atom stereocenters. The van der Waals surface area contributed by atoms with E-state index >= 15 is 0 Å². The van der Waals surface area contributed by atoms with Crippen LogP contribution in [0, 0.1) is 5.92 Å². The molecule has 0 spiro atoms. The lowest BCUT2D eigenvalue weighted by atomic mass is 9.87. The highest BCUT2D eigenvalue weighted by Crippen LogP contribution is 2.33. The van der Waals surface area contributed by atoms with E-state index in [4.69, 9.17) is 24.2 Å². The van der Waals surface area contributed by atoms with Gasteiger partial charge >= 0.3 is 0 Å². The molecule has 1 saturated carbocycles. The minimum absolute atomic E-state index is 0.0268. The summed E-state index contributed by atoms with van der Waals surface area (Å²) in [6.45, 7) is 5.45. The molecule has 2 saturated heterocycles. The van der Waals surface area contributed by atoms with Gasteiger partial charge in [-0.25, -0.2) is 13.8 Å². The number of benzene rings is 1. The van der Waals surface area contributed by atoms with E-state index < -0.39 is 6.43 Å². The molecule has 3 aliphatic rings. The van der Waals surface area contributed by atoms with Gasteiger partial charge in [-0.15, -0.1) is 0 Å². The van der Waals surface area contributed by atoms with Gasteiger partial charge in [-0.3, -0.25) is 9.47 Å². The maximum absolute atomic E-state index is 14.1. The summed E-state index contributed by atoms with van der Waals surface area (Å²) in [5, 5.41) is 0. The van der Waals surface area contributed by atoms with E-state index in [1.807, 2.05) is 11.0 Å². The van der Waals surface area contributed by atoms with Gasteiger partial charge in [0.25, 0.3) is 6.43 Å². The van der Waals surface area contributed by atoms with Crippen LogP contribution in [-0.2, 0) is 9.47 Å². The van der Waals surface area contributed by atoms with Crippen LogP contribution < -0.4 is 9.64 Å². The molecule has 2 aliphatic heterocycles. The van der Waals surface area contributed by atoms with Gasteiger partial charge in [0.1, 0.15) is 11.9 Å². The first-order valence-corrected chi connectivity index (χ1v) is 14.5. The Morgan fingerprint density at radius 1 is 1.00 bits per heavy atom. The van der Waals surface area contributed by atoms with Crippen molar-refractivity contribution in [2.45, 2.75) is 57.1 Å². The topological polar surface area (TPSA) is 77.8 Å². The van der Waals surface area contributed by atoms with Crippen molar-refractivity contribution < 1.29 is 23.0 Å². The minimum atomic E-state index is -2.76. The third-order valence-corrected chi connectivity index (χ3v) is 8.41. The number of alkyl halides is 2. The predicted octanol–water partition coefficient (Wildman–Crippen LogP) is 4.64. The number of morpholine rings is 1. The number of para-hydroxylation sites is 2. The van der Waals surface area contributed by atoms with Gasteiger partial charge in [-0.05, 0) is 63.1 Å². The molecule has 4 heterocycles. The molecule has 3 aromatic rings. The first-order valence-electron chi connectivity index (χ1n) is 14.5. The second-order valence-electron chi connectivity index (χ2n) is 11.1. The molecule has 1 aromatic carbocycles. The minimum Gasteiger partial charge on any atom is -0.474 e. The number of nitrogens with zero attached hydrogens (tertiary/aromatic N) is 6. The monoisotopic (exact) mass is 556 g/mol. The third kappa shape index (κ3) is 5.91. The summed E-state index contributed by atoms with van der Waals surface area (Å²) in [6.07, 6.45) is 3.80. The molecule has 9 nitrogen and oxygen atoms in total. The molecule has 3 fully saturated rings. The van der Waals surface area contributed by atoms with E-state index in [0.717, 1.165) is 45.4 Å². The van der Waals surface area contributed by atoms with Crippen LogP contribution in [0.3, 0.4) is 0 Å². The van der Waals surface area contributed by atoms with E-state index in [-0.39, 0.29) is 11.9 Å². The fourth-order valence-electron chi connectivity index (χ4n) is 6.36. The molecular weight excluding hydrogens is 518 g/mol. The second-order valence-corrected chi connectivity index (χ2v) is 11.1. The van der Waals surface area contributed by atoms with Crippen LogP contribution in [0.25, 0.3) is 16.9 Å². The van der Waals surface area contributed by atoms with Crippen LogP contribution in [-0.4, -0.2) is 89.7 Å². The summed E-state index contributed by atoms with van der Waals surface area (Å²) >= 11 is 0. The average molecular weight is 557 g/mol. The number of methoxy groups -OCH3 is 1. The average Bonchev–Trinajstić information content (AvgIpc) is 3.59. The van der Waals surface area contributed by atoms with Crippen molar-refractivity contribution in [1.82, 2.24) is 24.4 Å². The van der Waals surface area contributed by atoms with Crippen LogP contribution in [0.5, 0.6) is 5.88 Å². The lowest BCUT2D eigenvalue weighted by Gasteiger charge is -2.33. The van der Waals surface area contributed by atoms with Crippen molar-refractivity contribution in [3.63, 3.8) is 0 Å². The number of anilines is 1.